The fourth-order valence-corrected chi connectivity index (χ4v) is 3.07. The van der Waals surface area contributed by atoms with Crippen LogP contribution in [-0.4, -0.2) is 28.6 Å². The number of hydrogen-bond acceptors (Lipinski definition) is 2. The summed E-state index contributed by atoms with van der Waals surface area (Å²) >= 11 is 0. The highest BCUT2D eigenvalue weighted by molar-refractivity contribution is 5.88. The first-order valence-electron chi connectivity index (χ1n) is 7.49. The molecule has 1 saturated carbocycles. The van der Waals surface area contributed by atoms with Gasteiger partial charge in [0.25, 0.3) is 0 Å². The molecule has 0 radical (unpaired) electrons. The molecule has 1 amide bonds. The zero-order valence-electron chi connectivity index (χ0n) is 12.5. The van der Waals surface area contributed by atoms with Gasteiger partial charge in [-0.1, -0.05) is 20.8 Å². The van der Waals surface area contributed by atoms with Crippen LogP contribution in [0, 0.1) is 11.8 Å². The first-order chi connectivity index (χ1) is 8.39. The molecule has 3 nitrogen and oxygen atoms in total. The molecule has 1 saturated heterocycles. The Balaban J connectivity index is 2.17. The van der Waals surface area contributed by atoms with Gasteiger partial charge in [0.1, 0.15) is 0 Å². The Morgan fingerprint density at radius 3 is 2.44 bits per heavy atom. The van der Waals surface area contributed by atoms with E-state index in [1.165, 1.54) is 12.8 Å². The summed E-state index contributed by atoms with van der Waals surface area (Å²) in [5.41, 5.74) is -0.345. The summed E-state index contributed by atoms with van der Waals surface area (Å²) < 4.78 is 0. The van der Waals surface area contributed by atoms with Crippen LogP contribution < -0.4 is 5.32 Å². The molecular weight excluding hydrogens is 224 g/mol. The number of nitrogens with zero attached hydrogens (tertiary/aromatic N) is 1. The second kappa shape index (κ2) is 4.84. The number of nitrogens with one attached hydrogen (secondary N) is 1. The number of carbonyl (C=O) groups is 1. The van der Waals surface area contributed by atoms with E-state index < -0.39 is 0 Å². The van der Waals surface area contributed by atoms with E-state index in [-0.39, 0.29) is 11.7 Å². The Kier molecular flexibility index (Phi) is 3.72. The summed E-state index contributed by atoms with van der Waals surface area (Å²) in [7, 11) is 0. The third-order valence-corrected chi connectivity index (χ3v) is 4.67. The molecule has 3 heteroatoms. The monoisotopic (exact) mass is 252 g/mol. The van der Waals surface area contributed by atoms with Crippen LogP contribution in [0.25, 0.3) is 0 Å². The number of amides is 1. The quantitative estimate of drug-likeness (QED) is 0.816. The fraction of sp³-hybridized carbons (Fsp3) is 0.933. The van der Waals surface area contributed by atoms with Crippen molar-refractivity contribution in [2.75, 3.05) is 0 Å². The van der Waals surface area contributed by atoms with Gasteiger partial charge in [-0.3, -0.25) is 10.1 Å². The minimum absolute atomic E-state index is 0.234. The van der Waals surface area contributed by atoms with E-state index >= 15 is 0 Å². The molecule has 0 aromatic heterocycles. The molecular formula is C15H28N2O. The van der Waals surface area contributed by atoms with Crippen molar-refractivity contribution in [3.05, 3.63) is 0 Å². The highest BCUT2D eigenvalue weighted by Gasteiger charge is 2.50. The van der Waals surface area contributed by atoms with Crippen molar-refractivity contribution >= 4 is 5.91 Å². The van der Waals surface area contributed by atoms with Gasteiger partial charge >= 0.3 is 0 Å². The van der Waals surface area contributed by atoms with Crippen LogP contribution in [0.15, 0.2) is 0 Å². The van der Waals surface area contributed by atoms with Crippen LogP contribution in [0.1, 0.15) is 60.3 Å². The maximum Gasteiger partial charge on any atom is 0.244 e. The fourth-order valence-electron chi connectivity index (χ4n) is 3.07. The third-order valence-electron chi connectivity index (χ3n) is 4.67. The molecule has 3 atom stereocenters. The Morgan fingerprint density at radius 2 is 2.00 bits per heavy atom. The van der Waals surface area contributed by atoms with E-state index in [1.54, 1.807) is 0 Å². The molecule has 104 valence electrons. The van der Waals surface area contributed by atoms with Gasteiger partial charge in [-0.15, -0.1) is 0 Å². The van der Waals surface area contributed by atoms with Crippen molar-refractivity contribution in [2.45, 2.75) is 78.0 Å². The lowest BCUT2D eigenvalue weighted by Gasteiger charge is -2.31. The minimum atomic E-state index is -0.345. The molecule has 3 unspecified atom stereocenters. The molecule has 18 heavy (non-hydrogen) atoms. The largest absolute Gasteiger partial charge is 0.323 e. The predicted octanol–water partition coefficient (Wildman–Crippen LogP) is 2.76. The van der Waals surface area contributed by atoms with E-state index in [0.29, 0.717) is 17.9 Å². The van der Waals surface area contributed by atoms with E-state index in [4.69, 9.17) is 0 Å². The van der Waals surface area contributed by atoms with Crippen molar-refractivity contribution < 1.29 is 4.79 Å². The van der Waals surface area contributed by atoms with Gasteiger partial charge in [-0.05, 0) is 51.4 Å². The Morgan fingerprint density at radius 1 is 1.39 bits per heavy atom. The first-order valence-corrected chi connectivity index (χ1v) is 7.49. The molecule has 0 aromatic rings. The van der Waals surface area contributed by atoms with Crippen LogP contribution in [0.2, 0.25) is 0 Å². The Hall–Kier alpha value is -0.570. The standard InChI is InChI=1S/C15H28N2O/c1-6-15(5)14(18)17(11(4)12-7-8-12)13(16-15)9-10(2)3/h10-13,16H,6-9H2,1-5H3. The summed E-state index contributed by atoms with van der Waals surface area (Å²) in [5, 5.41) is 3.59. The molecule has 0 aromatic carbocycles. The van der Waals surface area contributed by atoms with Gasteiger partial charge in [-0.2, -0.15) is 0 Å². The first kappa shape index (κ1) is 13.9. The molecule has 0 spiro atoms. The van der Waals surface area contributed by atoms with Gasteiger partial charge in [-0.25, -0.2) is 0 Å². The highest BCUT2D eigenvalue weighted by atomic mass is 16.2. The average Bonchev–Trinajstić information content (AvgIpc) is 3.08. The van der Waals surface area contributed by atoms with Crippen LogP contribution >= 0.6 is 0 Å². The number of rotatable bonds is 5. The number of carbonyl (C=O) groups excluding carboxylic acids is 1. The predicted molar refractivity (Wildman–Crippen MR) is 74.1 cm³/mol. The SMILES string of the molecule is CCC1(C)NC(CC(C)C)N(C(C)C2CC2)C1=O. The van der Waals surface area contributed by atoms with Crippen LogP contribution in [0.5, 0.6) is 0 Å². The Labute approximate surface area is 111 Å². The molecule has 2 fully saturated rings. The Bertz CT molecular complexity index is 324. The van der Waals surface area contributed by atoms with Crippen molar-refractivity contribution in [1.82, 2.24) is 10.2 Å². The number of hydrogen-bond donors (Lipinski definition) is 1. The molecule has 0 bridgehead atoms. The van der Waals surface area contributed by atoms with Crippen LogP contribution in [0.3, 0.4) is 0 Å². The summed E-state index contributed by atoms with van der Waals surface area (Å²) in [6, 6.07) is 0.405. The van der Waals surface area contributed by atoms with Crippen LogP contribution in [-0.2, 0) is 4.79 Å². The van der Waals surface area contributed by atoms with Crippen LogP contribution in [0.4, 0.5) is 0 Å². The second-order valence-electron chi connectivity index (χ2n) is 6.77. The van der Waals surface area contributed by atoms with Crippen molar-refractivity contribution in [1.29, 1.82) is 0 Å². The van der Waals surface area contributed by atoms with Crippen molar-refractivity contribution in [2.24, 2.45) is 11.8 Å². The van der Waals surface area contributed by atoms with E-state index in [9.17, 15) is 4.79 Å². The molecule has 2 aliphatic rings. The maximum absolute atomic E-state index is 12.7. The van der Waals surface area contributed by atoms with E-state index in [0.717, 1.165) is 18.8 Å². The lowest BCUT2D eigenvalue weighted by atomic mass is 9.99. The van der Waals surface area contributed by atoms with Gasteiger partial charge in [0.05, 0.1) is 11.7 Å². The molecule has 1 aliphatic heterocycles. The summed E-state index contributed by atoms with van der Waals surface area (Å²) in [6.45, 7) is 10.8. The van der Waals surface area contributed by atoms with Gasteiger partial charge in [0, 0.05) is 6.04 Å². The van der Waals surface area contributed by atoms with Gasteiger partial charge in [0.2, 0.25) is 5.91 Å². The van der Waals surface area contributed by atoms with Crippen molar-refractivity contribution in [3.63, 3.8) is 0 Å². The van der Waals surface area contributed by atoms with Gasteiger partial charge in [0.15, 0.2) is 0 Å². The third kappa shape index (κ3) is 2.42. The average molecular weight is 252 g/mol. The zero-order chi connectivity index (χ0) is 13.5. The molecule has 1 N–H and O–H groups in total. The highest BCUT2D eigenvalue weighted by Crippen LogP contribution is 2.39. The molecule has 1 heterocycles. The summed E-state index contributed by atoms with van der Waals surface area (Å²) in [4.78, 5) is 14.8. The van der Waals surface area contributed by atoms with E-state index in [2.05, 4.69) is 44.8 Å². The topological polar surface area (TPSA) is 32.3 Å². The molecule has 2 rings (SSSR count). The lowest BCUT2D eigenvalue weighted by Crippen LogP contribution is -2.45. The smallest absolute Gasteiger partial charge is 0.244 e. The summed E-state index contributed by atoms with van der Waals surface area (Å²) in [5.74, 6) is 1.67. The van der Waals surface area contributed by atoms with E-state index in [1.807, 2.05) is 0 Å². The summed E-state index contributed by atoms with van der Waals surface area (Å²) in [6.07, 6.45) is 4.75. The maximum atomic E-state index is 12.7. The lowest BCUT2D eigenvalue weighted by molar-refractivity contribution is -0.135. The minimum Gasteiger partial charge on any atom is -0.323 e. The van der Waals surface area contributed by atoms with Gasteiger partial charge < -0.3 is 4.90 Å². The molecule has 1 aliphatic carbocycles. The normalized spacial score (nSPS) is 34.4. The van der Waals surface area contributed by atoms with Crippen molar-refractivity contribution in [3.8, 4) is 0 Å². The zero-order valence-corrected chi connectivity index (χ0v) is 12.5. The second-order valence-corrected chi connectivity index (χ2v) is 6.77.